The second-order valence-electron chi connectivity index (χ2n) is 6.77. The van der Waals surface area contributed by atoms with Gasteiger partial charge in [0.05, 0.1) is 18.8 Å². The van der Waals surface area contributed by atoms with Crippen molar-refractivity contribution in [2.45, 2.75) is 38.8 Å². The molecule has 0 aliphatic heterocycles. The molecule has 2 N–H and O–H groups in total. The number of nitrogens with zero attached hydrogens (tertiary/aromatic N) is 1. The van der Waals surface area contributed by atoms with Crippen LogP contribution in [0.1, 0.15) is 43.6 Å². The highest BCUT2D eigenvalue weighted by Gasteiger charge is 2.19. The molecule has 2 aromatic carbocycles. The maximum atomic E-state index is 12.3. The van der Waals surface area contributed by atoms with Gasteiger partial charge in [0.2, 0.25) is 0 Å². The van der Waals surface area contributed by atoms with Crippen molar-refractivity contribution in [2.75, 3.05) is 7.11 Å². The van der Waals surface area contributed by atoms with E-state index in [0.29, 0.717) is 5.82 Å². The summed E-state index contributed by atoms with van der Waals surface area (Å²) in [5.41, 5.74) is 2.63. The zero-order valence-electron chi connectivity index (χ0n) is 16.9. The average Bonchev–Trinajstić information content (AvgIpc) is 3.26. The Kier molecular flexibility index (Phi) is 7.28. The topological polar surface area (TPSA) is 76.2 Å². The molecule has 29 heavy (non-hydrogen) atoms. The van der Waals surface area contributed by atoms with Gasteiger partial charge in [-0.2, -0.15) is 0 Å². The minimum Gasteiger partial charge on any atom is -0.496 e. The second kappa shape index (κ2) is 10.3. The number of carbonyl (C=O) groups is 1. The van der Waals surface area contributed by atoms with Gasteiger partial charge in [0.15, 0.2) is 0 Å². The second-order valence-corrected chi connectivity index (χ2v) is 6.77. The van der Waals surface area contributed by atoms with Gasteiger partial charge in [0, 0.05) is 11.8 Å². The molecular weight excluding hydrogens is 366 g/mol. The third-order valence-electron chi connectivity index (χ3n) is 4.66. The number of aromatic amines is 1. The van der Waals surface area contributed by atoms with Crippen LogP contribution in [0.4, 0.5) is 4.79 Å². The van der Waals surface area contributed by atoms with Crippen molar-refractivity contribution >= 4 is 6.09 Å². The van der Waals surface area contributed by atoms with Crippen molar-refractivity contribution in [2.24, 2.45) is 0 Å². The van der Waals surface area contributed by atoms with Crippen molar-refractivity contribution in [3.8, 4) is 17.0 Å². The molecule has 3 rings (SSSR count). The Balaban J connectivity index is 1.70. The number of carbonyl (C=O) groups excluding carboxylic acids is 1. The Morgan fingerprint density at radius 1 is 1.14 bits per heavy atom. The quantitative estimate of drug-likeness (QED) is 0.521. The van der Waals surface area contributed by atoms with E-state index in [1.165, 1.54) is 0 Å². The van der Waals surface area contributed by atoms with Gasteiger partial charge in [-0.25, -0.2) is 9.78 Å². The number of amides is 1. The highest BCUT2D eigenvalue weighted by atomic mass is 16.5. The number of para-hydroxylation sites is 1. The molecule has 6 heteroatoms. The van der Waals surface area contributed by atoms with Crippen LogP contribution in [0.25, 0.3) is 11.3 Å². The number of rotatable bonds is 9. The van der Waals surface area contributed by atoms with Gasteiger partial charge < -0.3 is 19.8 Å². The minimum atomic E-state index is -0.454. The summed E-state index contributed by atoms with van der Waals surface area (Å²) in [4.78, 5) is 20.3. The summed E-state index contributed by atoms with van der Waals surface area (Å²) in [6.07, 6.45) is 4.15. The van der Waals surface area contributed by atoms with Crippen molar-refractivity contribution < 1.29 is 14.3 Å². The molecule has 0 saturated carbocycles. The third-order valence-corrected chi connectivity index (χ3v) is 4.66. The summed E-state index contributed by atoms with van der Waals surface area (Å²) in [6, 6.07) is 17.1. The number of benzene rings is 2. The van der Waals surface area contributed by atoms with Gasteiger partial charge in [-0.05, 0) is 24.1 Å². The van der Waals surface area contributed by atoms with Crippen LogP contribution in [0.15, 0.2) is 60.8 Å². The zero-order valence-corrected chi connectivity index (χ0v) is 16.9. The molecular formula is C23H27N3O3. The van der Waals surface area contributed by atoms with Crippen molar-refractivity contribution in [3.63, 3.8) is 0 Å². The number of ether oxygens (including phenoxy) is 2. The van der Waals surface area contributed by atoms with Crippen LogP contribution in [0.2, 0.25) is 0 Å². The lowest BCUT2D eigenvalue weighted by molar-refractivity contribution is 0.134. The first-order valence-corrected chi connectivity index (χ1v) is 9.87. The molecule has 6 nitrogen and oxygen atoms in total. The summed E-state index contributed by atoms with van der Waals surface area (Å²) in [5.74, 6) is 1.46. The van der Waals surface area contributed by atoms with E-state index in [1.54, 1.807) is 7.11 Å². The van der Waals surface area contributed by atoms with Gasteiger partial charge in [-0.3, -0.25) is 0 Å². The van der Waals surface area contributed by atoms with Crippen LogP contribution in [0.5, 0.6) is 5.75 Å². The van der Waals surface area contributed by atoms with E-state index in [9.17, 15) is 4.79 Å². The van der Waals surface area contributed by atoms with Crippen LogP contribution in [-0.2, 0) is 11.3 Å². The normalized spacial score (nSPS) is 11.7. The van der Waals surface area contributed by atoms with E-state index in [-0.39, 0.29) is 12.6 Å². The molecule has 0 aliphatic carbocycles. The van der Waals surface area contributed by atoms with Crippen molar-refractivity contribution in [3.05, 3.63) is 72.2 Å². The number of unbranched alkanes of at least 4 members (excludes halogenated alkanes) is 1. The molecule has 152 valence electrons. The molecule has 1 heterocycles. The smallest absolute Gasteiger partial charge is 0.408 e. The number of aromatic nitrogens is 2. The fraction of sp³-hybridized carbons (Fsp3) is 0.304. The Morgan fingerprint density at radius 2 is 1.90 bits per heavy atom. The van der Waals surface area contributed by atoms with E-state index in [4.69, 9.17) is 14.5 Å². The lowest BCUT2D eigenvalue weighted by Crippen LogP contribution is -2.29. The summed E-state index contributed by atoms with van der Waals surface area (Å²) < 4.78 is 10.8. The fourth-order valence-corrected chi connectivity index (χ4v) is 3.10. The van der Waals surface area contributed by atoms with Crippen molar-refractivity contribution in [1.82, 2.24) is 15.3 Å². The molecule has 0 bridgehead atoms. The molecule has 3 aromatic rings. The molecule has 1 aromatic heterocycles. The number of hydrogen-bond donors (Lipinski definition) is 2. The largest absolute Gasteiger partial charge is 0.496 e. The number of hydrogen-bond acceptors (Lipinski definition) is 4. The summed E-state index contributed by atoms with van der Waals surface area (Å²) in [7, 11) is 1.64. The van der Waals surface area contributed by atoms with Gasteiger partial charge in [-0.15, -0.1) is 0 Å². The first kappa shape index (κ1) is 20.5. The van der Waals surface area contributed by atoms with Crippen LogP contribution in [0.3, 0.4) is 0 Å². The fourth-order valence-electron chi connectivity index (χ4n) is 3.10. The SMILES string of the molecule is CCCC[C@H](NC(=O)OCc1ccccc1)c1nc(-c2ccccc2OC)c[nH]1. The minimum absolute atomic E-state index is 0.234. The lowest BCUT2D eigenvalue weighted by atomic mass is 10.1. The monoisotopic (exact) mass is 393 g/mol. The first-order valence-electron chi connectivity index (χ1n) is 9.87. The number of H-pyrrole nitrogens is 1. The molecule has 0 spiro atoms. The van der Waals surface area contributed by atoms with Gasteiger partial charge in [-0.1, -0.05) is 62.2 Å². The van der Waals surface area contributed by atoms with Crippen LogP contribution >= 0.6 is 0 Å². The highest BCUT2D eigenvalue weighted by molar-refractivity contribution is 5.68. The van der Waals surface area contributed by atoms with E-state index in [0.717, 1.165) is 41.8 Å². The number of alkyl carbamates (subject to hydrolysis) is 1. The first-order chi connectivity index (χ1) is 14.2. The molecule has 0 aliphatic rings. The predicted molar refractivity (Wildman–Crippen MR) is 113 cm³/mol. The molecule has 0 fully saturated rings. The Hall–Kier alpha value is -3.28. The van der Waals surface area contributed by atoms with Crippen LogP contribution in [0, 0.1) is 0 Å². The summed E-state index contributed by atoms with van der Waals surface area (Å²) in [6.45, 7) is 2.35. The van der Waals surface area contributed by atoms with Crippen LogP contribution < -0.4 is 10.1 Å². The van der Waals surface area contributed by atoms with Gasteiger partial charge in [0.1, 0.15) is 18.2 Å². The molecule has 0 saturated heterocycles. The molecule has 0 radical (unpaired) electrons. The lowest BCUT2D eigenvalue weighted by Gasteiger charge is -2.16. The molecule has 1 amide bonds. The van der Waals surface area contributed by atoms with Crippen LogP contribution in [-0.4, -0.2) is 23.2 Å². The van der Waals surface area contributed by atoms with E-state index < -0.39 is 6.09 Å². The van der Waals surface area contributed by atoms with E-state index in [2.05, 4.69) is 17.2 Å². The Labute approximate surface area is 171 Å². The highest BCUT2D eigenvalue weighted by Crippen LogP contribution is 2.29. The van der Waals surface area contributed by atoms with Gasteiger partial charge in [0.25, 0.3) is 0 Å². The van der Waals surface area contributed by atoms with Gasteiger partial charge >= 0.3 is 6.09 Å². The number of imidazole rings is 1. The summed E-state index contributed by atoms with van der Waals surface area (Å²) in [5, 5.41) is 2.95. The maximum absolute atomic E-state index is 12.3. The third kappa shape index (κ3) is 5.60. The standard InChI is InChI=1S/C23H27N3O3/c1-3-4-13-19(26-23(27)29-16-17-10-6-5-7-11-17)22-24-15-20(25-22)18-12-8-9-14-21(18)28-2/h5-12,14-15,19H,3-4,13,16H2,1-2H3,(H,24,25)(H,26,27)/t19-/m0/s1. The van der Waals surface area contributed by atoms with E-state index in [1.807, 2.05) is 60.8 Å². The van der Waals surface area contributed by atoms with Crippen molar-refractivity contribution in [1.29, 1.82) is 0 Å². The summed E-state index contributed by atoms with van der Waals surface area (Å²) >= 11 is 0. The number of nitrogens with one attached hydrogen (secondary N) is 2. The Bertz CT molecular complexity index is 908. The molecule has 0 unspecified atom stereocenters. The maximum Gasteiger partial charge on any atom is 0.408 e. The zero-order chi connectivity index (χ0) is 20.5. The van der Waals surface area contributed by atoms with E-state index >= 15 is 0 Å². The predicted octanol–water partition coefficient (Wildman–Crippen LogP) is 5.24. The number of methoxy groups -OCH3 is 1. The molecule has 1 atom stereocenters. The Morgan fingerprint density at radius 3 is 2.66 bits per heavy atom. The average molecular weight is 393 g/mol.